The van der Waals surface area contributed by atoms with Gasteiger partial charge in [-0.25, -0.2) is 0 Å². The molecule has 1 saturated carbocycles. The van der Waals surface area contributed by atoms with Gasteiger partial charge in [0.1, 0.15) is 12.4 Å². The van der Waals surface area contributed by atoms with Gasteiger partial charge in [0.05, 0.1) is 0 Å². The van der Waals surface area contributed by atoms with Crippen LogP contribution in [-0.4, -0.2) is 5.71 Å². The van der Waals surface area contributed by atoms with Crippen LogP contribution in [0, 0.1) is 11.3 Å². The zero-order valence-corrected chi connectivity index (χ0v) is 12.9. The summed E-state index contributed by atoms with van der Waals surface area (Å²) in [4.78, 5) is 0. The van der Waals surface area contributed by atoms with Crippen molar-refractivity contribution in [1.82, 2.24) is 0 Å². The number of ether oxygens (including phenoxy) is 1. The van der Waals surface area contributed by atoms with E-state index < -0.39 is 0 Å². The predicted molar refractivity (Wildman–Crippen MR) is 90.6 cm³/mol. The molecule has 0 saturated heterocycles. The lowest BCUT2D eigenvalue weighted by Crippen LogP contribution is -2.06. The number of rotatable bonds is 6. The van der Waals surface area contributed by atoms with E-state index in [1.54, 1.807) is 0 Å². The molecule has 114 valence electrons. The van der Waals surface area contributed by atoms with E-state index in [2.05, 4.69) is 12.1 Å². The van der Waals surface area contributed by atoms with Crippen molar-refractivity contribution in [2.45, 2.75) is 38.7 Å². The van der Waals surface area contributed by atoms with E-state index in [1.165, 1.54) is 25.7 Å². The lowest BCUT2D eigenvalue weighted by Gasteiger charge is -2.12. The highest BCUT2D eigenvalue weighted by molar-refractivity contribution is 5.98. The molecule has 1 aliphatic carbocycles. The number of hydrogen-bond donors (Lipinski definition) is 1. The molecule has 0 aromatic heterocycles. The van der Waals surface area contributed by atoms with E-state index in [9.17, 15) is 0 Å². The summed E-state index contributed by atoms with van der Waals surface area (Å²) in [6, 6.07) is 18.1. The molecular formula is C20H23NO. The smallest absolute Gasteiger partial charge is 0.120 e. The van der Waals surface area contributed by atoms with Crippen LogP contribution in [0.5, 0.6) is 5.75 Å². The molecule has 1 N–H and O–H groups in total. The Kier molecular flexibility index (Phi) is 4.89. The van der Waals surface area contributed by atoms with E-state index in [-0.39, 0.29) is 0 Å². The third-order valence-electron chi connectivity index (χ3n) is 4.40. The number of benzene rings is 2. The Bertz CT molecular complexity index is 615. The summed E-state index contributed by atoms with van der Waals surface area (Å²) < 4.78 is 5.86. The van der Waals surface area contributed by atoms with Crippen LogP contribution in [-0.2, 0) is 6.61 Å². The zero-order valence-electron chi connectivity index (χ0n) is 12.9. The van der Waals surface area contributed by atoms with Gasteiger partial charge in [0.2, 0.25) is 0 Å². The lowest BCUT2D eigenvalue weighted by atomic mass is 9.96. The van der Waals surface area contributed by atoms with Gasteiger partial charge in [-0.15, -0.1) is 0 Å². The van der Waals surface area contributed by atoms with Crippen LogP contribution in [0.4, 0.5) is 0 Å². The van der Waals surface area contributed by atoms with Crippen molar-refractivity contribution in [2.24, 2.45) is 5.92 Å². The standard InChI is InChI=1S/C20H23NO/c21-20(13-16-7-4-5-8-16)18-11-6-12-19(14-18)22-15-17-9-2-1-3-10-17/h1-3,6,9-12,14,16,21H,4-5,7-8,13,15H2. The second-order valence-electron chi connectivity index (χ2n) is 6.14. The fraction of sp³-hybridized carbons (Fsp3) is 0.350. The molecule has 0 bridgehead atoms. The van der Waals surface area contributed by atoms with Gasteiger partial charge in [-0.05, 0) is 35.6 Å². The summed E-state index contributed by atoms with van der Waals surface area (Å²) in [5, 5.41) is 8.33. The quantitative estimate of drug-likeness (QED) is 0.728. The van der Waals surface area contributed by atoms with Crippen LogP contribution in [0.3, 0.4) is 0 Å². The van der Waals surface area contributed by atoms with Crippen molar-refractivity contribution >= 4 is 5.71 Å². The van der Waals surface area contributed by atoms with Gasteiger partial charge in [0.25, 0.3) is 0 Å². The minimum absolute atomic E-state index is 0.570. The maximum Gasteiger partial charge on any atom is 0.120 e. The van der Waals surface area contributed by atoms with Crippen LogP contribution in [0.1, 0.15) is 43.2 Å². The van der Waals surface area contributed by atoms with Crippen molar-refractivity contribution < 1.29 is 4.74 Å². The molecule has 2 nitrogen and oxygen atoms in total. The third kappa shape index (κ3) is 3.97. The Labute approximate surface area is 132 Å². The molecule has 0 heterocycles. The predicted octanol–water partition coefficient (Wildman–Crippen LogP) is 5.21. The highest BCUT2D eigenvalue weighted by Crippen LogP contribution is 2.29. The van der Waals surface area contributed by atoms with E-state index in [0.717, 1.165) is 29.0 Å². The van der Waals surface area contributed by atoms with Crippen molar-refractivity contribution in [3.05, 3.63) is 65.7 Å². The molecule has 0 atom stereocenters. The van der Waals surface area contributed by atoms with Crippen molar-refractivity contribution in [1.29, 1.82) is 5.41 Å². The summed E-state index contributed by atoms with van der Waals surface area (Å²) in [5.74, 6) is 1.55. The SMILES string of the molecule is N=C(CC1CCCC1)c1cccc(OCc2ccccc2)c1. The average Bonchev–Trinajstić information content (AvgIpc) is 3.07. The van der Waals surface area contributed by atoms with Gasteiger partial charge < -0.3 is 10.1 Å². The van der Waals surface area contributed by atoms with Crippen molar-refractivity contribution in [3.8, 4) is 5.75 Å². The van der Waals surface area contributed by atoms with Gasteiger partial charge in [-0.3, -0.25) is 0 Å². The Morgan fingerprint density at radius 3 is 2.55 bits per heavy atom. The first-order valence-corrected chi connectivity index (χ1v) is 8.16. The van der Waals surface area contributed by atoms with Crippen LogP contribution >= 0.6 is 0 Å². The molecule has 2 aromatic rings. The van der Waals surface area contributed by atoms with Gasteiger partial charge in [-0.1, -0.05) is 68.1 Å². The molecule has 0 radical (unpaired) electrons. The summed E-state index contributed by atoms with van der Waals surface area (Å²) in [6.07, 6.45) is 6.14. The van der Waals surface area contributed by atoms with Gasteiger partial charge in [0, 0.05) is 5.71 Å². The van der Waals surface area contributed by atoms with Crippen LogP contribution in [0.2, 0.25) is 0 Å². The molecule has 2 aromatic carbocycles. The second kappa shape index (κ2) is 7.26. The first-order chi connectivity index (χ1) is 10.8. The molecule has 1 fully saturated rings. The third-order valence-corrected chi connectivity index (χ3v) is 4.40. The maximum absolute atomic E-state index is 8.33. The summed E-state index contributed by atoms with van der Waals surface area (Å²) >= 11 is 0. The fourth-order valence-corrected chi connectivity index (χ4v) is 3.14. The highest BCUT2D eigenvalue weighted by Gasteiger charge is 2.17. The summed E-state index contributed by atoms with van der Waals surface area (Å²) in [7, 11) is 0. The molecule has 0 aliphatic heterocycles. The second-order valence-corrected chi connectivity index (χ2v) is 6.14. The van der Waals surface area contributed by atoms with Gasteiger partial charge in [0.15, 0.2) is 0 Å². The van der Waals surface area contributed by atoms with Crippen molar-refractivity contribution in [3.63, 3.8) is 0 Å². The molecule has 22 heavy (non-hydrogen) atoms. The normalized spacial score (nSPS) is 14.9. The maximum atomic E-state index is 8.33. The molecular weight excluding hydrogens is 270 g/mol. The van der Waals surface area contributed by atoms with Gasteiger partial charge >= 0.3 is 0 Å². The molecule has 0 amide bonds. The number of hydrogen-bond acceptors (Lipinski definition) is 2. The van der Waals surface area contributed by atoms with Crippen LogP contribution in [0.25, 0.3) is 0 Å². The minimum atomic E-state index is 0.570. The van der Waals surface area contributed by atoms with E-state index in [4.69, 9.17) is 10.1 Å². The lowest BCUT2D eigenvalue weighted by molar-refractivity contribution is 0.306. The Morgan fingerprint density at radius 2 is 1.77 bits per heavy atom. The fourth-order valence-electron chi connectivity index (χ4n) is 3.14. The highest BCUT2D eigenvalue weighted by atomic mass is 16.5. The van der Waals surface area contributed by atoms with E-state index in [1.807, 2.05) is 42.5 Å². The first-order valence-electron chi connectivity index (χ1n) is 8.16. The Morgan fingerprint density at radius 1 is 1.00 bits per heavy atom. The molecule has 3 rings (SSSR count). The Hall–Kier alpha value is -2.09. The summed E-state index contributed by atoms with van der Waals surface area (Å²) in [6.45, 7) is 0.570. The minimum Gasteiger partial charge on any atom is -0.489 e. The van der Waals surface area contributed by atoms with E-state index in [0.29, 0.717) is 12.5 Å². The monoisotopic (exact) mass is 293 g/mol. The zero-order chi connectivity index (χ0) is 15.2. The number of nitrogens with one attached hydrogen (secondary N) is 1. The van der Waals surface area contributed by atoms with Gasteiger partial charge in [-0.2, -0.15) is 0 Å². The van der Waals surface area contributed by atoms with Crippen LogP contribution < -0.4 is 4.74 Å². The summed E-state index contributed by atoms with van der Waals surface area (Å²) in [5.41, 5.74) is 2.91. The first kappa shape index (κ1) is 14.8. The Balaban J connectivity index is 1.60. The largest absolute Gasteiger partial charge is 0.489 e. The topological polar surface area (TPSA) is 33.1 Å². The molecule has 0 spiro atoms. The van der Waals surface area contributed by atoms with Crippen LogP contribution in [0.15, 0.2) is 54.6 Å². The molecule has 1 aliphatic rings. The van der Waals surface area contributed by atoms with E-state index >= 15 is 0 Å². The molecule has 2 heteroatoms. The van der Waals surface area contributed by atoms with Crippen molar-refractivity contribution in [2.75, 3.05) is 0 Å². The average molecular weight is 293 g/mol. The molecule has 0 unspecified atom stereocenters.